The molecular formula is C27H22F2N4O3S. The number of aliphatic imine (C=N–C) groups is 1. The lowest BCUT2D eigenvalue weighted by Gasteiger charge is -2.23. The summed E-state index contributed by atoms with van der Waals surface area (Å²) in [4.78, 5) is 29.5. The summed E-state index contributed by atoms with van der Waals surface area (Å²) in [6.45, 7) is 0. The van der Waals surface area contributed by atoms with Gasteiger partial charge >= 0.3 is 0 Å². The normalized spacial score (nSPS) is 19.0. The molecular weight excluding hydrogens is 498 g/mol. The summed E-state index contributed by atoms with van der Waals surface area (Å²) in [5.41, 5.74) is 2.87. The Hall–Kier alpha value is -4.05. The van der Waals surface area contributed by atoms with Crippen molar-refractivity contribution in [2.24, 2.45) is 10.1 Å². The molecule has 0 aliphatic carbocycles. The van der Waals surface area contributed by atoms with Crippen LogP contribution >= 0.6 is 11.8 Å². The van der Waals surface area contributed by atoms with Crippen LogP contribution in [0, 0.1) is 11.6 Å². The molecule has 0 spiro atoms. The zero-order valence-corrected chi connectivity index (χ0v) is 20.5. The molecule has 2 heterocycles. The van der Waals surface area contributed by atoms with Gasteiger partial charge in [0.25, 0.3) is 5.91 Å². The van der Waals surface area contributed by atoms with Crippen molar-refractivity contribution in [1.29, 1.82) is 0 Å². The molecule has 0 radical (unpaired) electrons. The van der Waals surface area contributed by atoms with E-state index >= 15 is 0 Å². The fourth-order valence-corrected chi connectivity index (χ4v) is 5.22. The minimum absolute atomic E-state index is 0.107. The Kier molecular flexibility index (Phi) is 7.00. The lowest BCUT2D eigenvalue weighted by molar-refractivity contribution is -0.121. The van der Waals surface area contributed by atoms with Crippen LogP contribution in [0.5, 0.6) is 5.75 Å². The molecule has 0 saturated heterocycles. The number of ether oxygens (including phenoxy) is 1. The zero-order chi connectivity index (χ0) is 25.9. The van der Waals surface area contributed by atoms with E-state index in [-0.39, 0.29) is 18.2 Å². The van der Waals surface area contributed by atoms with Crippen molar-refractivity contribution in [3.05, 3.63) is 95.6 Å². The number of amides is 2. The van der Waals surface area contributed by atoms with E-state index in [0.29, 0.717) is 17.3 Å². The van der Waals surface area contributed by atoms with Gasteiger partial charge in [-0.2, -0.15) is 10.1 Å². The van der Waals surface area contributed by atoms with Gasteiger partial charge in [0.1, 0.15) is 11.0 Å². The summed E-state index contributed by atoms with van der Waals surface area (Å²) in [5, 5.41) is 8.68. The molecule has 37 heavy (non-hydrogen) atoms. The Labute approximate surface area is 216 Å². The van der Waals surface area contributed by atoms with Gasteiger partial charge in [0.2, 0.25) is 5.91 Å². The predicted octanol–water partition coefficient (Wildman–Crippen LogP) is 5.15. The van der Waals surface area contributed by atoms with Crippen molar-refractivity contribution in [3.63, 3.8) is 0 Å². The summed E-state index contributed by atoms with van der Waals surface area (Å²) < 4.78 is 32.0. The third kappa shape index (κ3) is 5.39. The van der Waals surface area contributed by atoms with Crippen molar-refractivity contribution in [3.8, 4) is 5.75 Å². The number of rotatable bonds is 6. The highest BCUT2D eigenvalue weighted by molar-refractivity contribution is 8.15. The third-order valence-corrected chi connectivity index (χ3v) is 7.14. The van der Waals surface area contributed by atoms with E-state index in [4.69, 9.17) is 9.84 Å². The molecule has 2 amide bonds. The largest absolute Gasteiger partial charge is 0.497 e. The van der Waals surface area contributed by atoms with Crippen LogP contribution in [0.25, 0.3) is 0 Å². The Morgan fingerprint density at radius 2 is 1.89 bits per heavy atom. The summed E-state index contributed by atoms with van der Waals surface area (Å²) in [5.74, 6) is -2.33. The van der Waals surface area contributed by atoms with E-state index in [0.717, 1.165) is 40.7 Å². The molecule has 2 aliphatic rings. The standard InChI is InChI=1S/C27H22F2N4O3S/c1-36-19-9-5-8-17(12-19)23-14-22(16-6-3-2-4-7-16)32-33(23)27-31-26(35)24(37-27)15-25(34)30-18-10-11-20(28)21(29)13-18/h2-13,23-24H,14-15H2,1H3,(H,30,34)/t23-,24+/m0/s1. The molecule has 0 unspecified atom stereocenters. The molecule has 3 aromatic rings. The first-order valence-corrected chi connectivity index (χ1v) is 12.4. The van der Waals surface area contributed by atoms with E-state index in [9.17, 15) is 18.4 Å². The lowest BCUT2D eigenvalue weighted by Crippen LogP contribution is -2.25. The topological polar surface area (TPSA) is 83.4 Å². The van der Waals surface area contributed by atoms with Crippen LogP contribution in [0.1, 0.15) is 30.0 Å². The number of hydrogen-bond donors (Lipinski definition) is 1. The fourth-order valence-electron chi connectivity index (χ4n) is 4.16. The van der Waals surface area contributed by atoms with Crippen LogP contribution in [-0.4, -0.2) is 40.1 Å². The molecule has 10 heteroatoms. The first kappa shape index (κ1) is 24.6. The van der Waals surface area contributed by atoms with Crippen LogP contribution in [0.4, 0.5) is 14.5 Å². The number of hydrogen-bond acceptors (Lipinski definition) is 6. The number of methoxy groups -OCH3 is 1. The smallest absolute Gasteiger partial charge is 0.262 e. The average Bonchev–Trinajstić information content (AvgIpc) is 3.51. The molecule has 7 nitrogen and oxygen atoms in total. The molecule has 0 aromatic heterocycles. The number of nitrogens with zero attached hydrogens (tertiary/aromatic N) is 3. The van der Waals surface area contributed by atoms with Gasteiger partial charge in [-0.15, -0.1) is 0 Å². The fraction of sp³-hybridized carbons (Fsp3) is 0.185. The molecule has 2 atom stereocenters. The minimum atomic E-state index is -1.07. The molecule has 0 bridgehead atoms. The first-order valence-electron chi connectivity index (χ1n) is 11.5. The van der Waals surface area contributed by atoms with Crippen LogP contribution < -0.4 is 10.1 Å². The molecule has 1 N–H and O–H groups in total. The molecule has 3 aromatic carbocycles. The highest BCUT2D eigenvalue weighted by Crippen LogP contribution is 2.39. The Morgan fingerprint density at radius 1 is 1.08 bits per heavy atom. The Bertz CT molecular complexity index is 1410. The number of anilines is 1. The van der Waals surface area contributed by atoms with Crippen LogP contribution in [0.3, 0.4) is 0 Å². The van der Waals surface area contributed by atoms with E-state index in [2.05, 4.69) is 10.3 Å². The van der Waals surface area contributed by atoms with Crippen molar-refractivity contribution in [1.82, 2.24) is 5.01 Å². The highest BCUT2D eigenvalue weighted by Gasteiger charge is 2.39. The van der Waals surface area contributed by atoms with Gasteiger partial charge in [-0.1, -0.05) is 54.2 Å². The second kappa shape index (κ2) is 10.5. The second-order valence-corrected chi connectivity index (χ2v) is 9.64. The van der Waals surface area contributed by atoms with Gasteiger partial charge in [-0.05, 0) is 35.4 Å². The van der Waals surface area contributed by atoms with Gasteiger partial charge < -0.3 is 10.1 Å². The van der Waals surface area contributed by atoms with Gasteiger partial charge in [-0.25, -0.2) is 13.8 Å². The van der Waals surface area contributed by atoms with Crippen LogP contribution in [-0.2, 0) is 9.59 Å². The molecule has 188 valence electrons. The second-order valence-electron chi connectivity index (χ2n) is 8.47. The van der Waals surface area contributed by atoms with Crippen LogP contribution in [0.2, 0.25) is 0 Å². The van der Waals surface area contributed by atoms with E-state index in [1.165, 1.54) is 6.07 Å². The van der Waals surface area contributed by atoms with Gasteiger partial charge in [0.15, 0.2) is 16.8 Å². The number of carbonyl (C=O) groups excluding carboxylic acids is 2. The van der Waals surface area contributed by atoms with Crippen molar-refractivity contribution >= 4 is 40.1 Å². The third-order valence-electron chi connectivity index (χ3n) is 6.00. The number of carbonyl (C=O) groups is 2. The van der Waals surface area contributed by atoms with Gasteiger partial charge in [0, 0.05) is 24.6 Å². The lowest BCUT2D eigenvalue weighted by atomic mass is 9.98. The first-order chi connectivity index (χ1) is 17.9. The quantitative estimate of drug-likeness (QED) is 0.486. The minimum Gasteiger partial charge on any atom is -0.497 e. The number of nitrogens with one attached hydrogen (secondary N) is 1. The maximum atomic E-state index is 13.5. The summed E-state index contributed by atoms with van der Waals surface area (Å²) in [7, 11) is 1.60. The summed E-state index contributed by atoms with van der Waals surface area (Å²) in [6.07, 6.45) is 0.411. The molecule has 5 rings (SSSR count). The number of thioether (sulfide) groups is 1. The molecule has 0 saturated carbocycles. The Balaban J connectivity index is 1.35. The van der Waals surface area contributed by atoms with E-state index in [1.807, 2.05) is 54.6 Å². The van der Waals surface area contributed by atoms with Gasteiger partial charge in [0.05, 0.1) is 18.9 Å². The predicted molar refractivity (Wildman–Crippen MR) is 139 cm³/mol. The summed E-state index contributed by atoms with van der Waals surface area (Å²) in [6, 6.07) is 20.3. The summed E-state index contributed by atoms with van der Waals surface area (Å²) >= 11 is 1.16. The zero-order valence-electron chi connectivity index (χ0n) is 19.7. The number of amidine groups is 1. The van der Waals surface area contributed by atoms with Crippen molar-refractivity contribution in [2.75, 3.05) is 12.4 Å². The Morgan fingerprint density at radius 3 is 2.65 bits per heavy atom. The number of benzene rings is 3. The van der Waals surface area contributed by atoms with Crippen LogP contribution in [0.15, 0.2) is 82.9 Å². The highest BCUT2D eigenvalue weighted by atomic mass is 32.2. The maximum absolute atomic E-state index is 13.5. The van der Waals surface area contributed by atoms with Crippen molar-refractivity contribution < 1.29 is 23.1 Å². The monoisotopic (exact) mass is 520 g/mol. The SMILES string of the molecule is COc1cccc([C@@H]2CC(c3ccccc3)=NN2C2=NC(=O)[C@@H](CC(=O)Nc3ccc(F)c(F)c3)S2)c1. The number of halogens is 2. The molecule has 0 fully saturated rings. The maximum Gasteiger partial charge on any atom is 0.262 e. The van der Waals surface area contributed by atoms with Gasteiger partial charge in [-0.3, -0.25) is 9.59 Å². The molecule has 2 aliphatic heterocycles. The average molecular weight is 521 g/mol. The van der Waals surface area contributed by atoms with E-state index < -0.39 is 28.7 Å². The van der Waals surface area contributed by atoms with E-state index in [1.54, 1.807) is 12.1 Å². The van der Waals surface area contributed by atoms with Crippen molar-refractivity contribution in [2.45, 2.75) is 24.1 Å². The number of hydrazone groups is 1.